The van der Waals surface area contributed by atoms with Gasteiger partial charge in [-0.15, -0.1) is 11.5 Å². The lowest BCUT2D eigenvalue weighted by molar-refractivity contribution is 0.640. The molecular formula is C8H9N3. The van der Waals surface area contributed by atoms with E-state index in [0.29, 0.717) is 12.5 Å². The predicted octanol–water partition coefficient (Wildman–Crippen LogP) is 0.789. The van der Waals surface area contributed by atoms with E-state index in [9.17, 15) is 0 Å². The molecule has 0 unspecified atom stereocenters. The van der Waals surface area contributed by atoms with Crippen molar-refractivity contribution in [3.63, 3.8) is 0 Å². The molecule has 3 heteroatoms. The van der Waals surface area contributed by atoms with Gasteiger partial charge in [0.1, 0.15) is 6.54 Å². The first-order chi connectivity index (χ1) is 5.42. The third kappa shape index (κ3) is 1.12. The summed E-state index contributed by atoms with van der Waals surface area (Å²) >= 11 is 0. The molecule has 0 aromatic carbocycles. The maximum Gasteiger partial charge on any atom is 0.103 e. The Bertz CT molecular complexity index is 291. The van der Waals surface area contributed by atoms with Gasteiger partial charge in [-0.25, -0.2) is 4.68 Å². The van der Waals surface area contributed by atoms with Crippen molar-refractivity contribution in [1.29, 1.82) is 0 Å². The van der Waals surface area contributed by atoms with Crippen LogP contribution in [-0.4, -0.2) is 15.0 Å². The van der Waals surface area contributed by atoms with Crippen LogP contribution in [0.15, 0.2) is 6.20 Å². The lowest BCUT2D eigenvalue weighted by atomic mass is 10.3. The van der Waals surface area contributed by atoms with Gasteiger partial charge in [-0.3, -0.25) is 0 Å². The van der Waals surface area contributed by atoms with Crippen molar-refractivity contribution in [2.75, 3.05) is 0 Å². The average Bonchev–Trinajstić information content (AvgIpc) is 2.75. The summed E-state index contributed by atoms with van der Waals surface area (Å²) in [6, 6.07) is 0. The maximum atomic E-state index is 5.17. The Balaban J connectivity index is 2.24. The highest BCUT2D eigenvalue weighted by Gasteiger charge is 2.27. The van der Waals surface area contributed by atoms with E-state index in [2.05, 4.69) is 16.2 Å². The molecule has 0 spiro atoms. The number of hydrogen-bond acceptors (Lipinski definition) is 2. The summed E-state index contributed by atoms with van der Waals surface area (Å²) in [4.78, 5) is 0. The predicted molar refractivity (Wildman–Crippen MR) is 40.8 cm³/mol. The maximum absolute atomic E-state index is 5.17. The molecule has 0 radical (unpaired) electrons. The van der Waals surface area contributed by atoms with Gasteiger partial charge in [0.15, 0.2) is 0 Å². The zero-order valence-electron chi connectivity index (χ0n) is 6.20. The largest absolute Gasteiger partial charge is 0.237 e. The van der Waals surface area contributed by atoms with E-state index in [1.54, 1.807) is 4.68 Å². The summed E-state index contributed by atoms with van der Waals surface area (Å²) in [7, 11) is 0. The fraction of sp³-hybridized carbons (Fsp3) is 0.500. The molecule has 1 fully saturated rings. The van der Waals surface area contributed by atoms with E-state index in [0.717, 1.165) is 0 Å². The lowest BCUT2D eigenvalue weighted by Gasteiger charge is -1.97. The number of nitrogens with zero attached hydrogens (tertiary/aromatic N) is 3. The summed E-state index contributed by atoms with van der Waals surface area (Å²) in [5.74, 6) is 3.23. The summed E-state index contributed by atoms with van der Waals surface area (Å²) in [6.45, 7) is 0.547. The molecule has 0 amide bonds. The molecule has 0 atom stereocenters. The van der Waals surface area contributed by atoms with E-state index in [1.165, 1.54) is 18.5 Å². The standard InChI is InChI=1S/C8H9N3/c1-2-5-11-8(6-9-10-11)7-3-4-7/h1,6-7H,3-5H2. The van der Waals surface area contributed by atoms with Gasteiger partial charge < -0.3 is 0 Å². The number of rotatable bonds is 2. The zero-order chi connectivity index (χ0) is 7.68. The summed E-state index contributed by atoms with van der Waals surface area (Å²) in [5.41, 5.74) is 1.20. The third-order valence-electron chi connectivity index (χ3n) is 1.88. The average molecular weight is 147 g/mol. The number of aromatic nitrogens is 3. The summed E-state index contributed by atoms with van der Waals surface area (Å²) in [6.07, 6.45) is 9.51. The Kier molecular flexibility index (Phi) is 1.39. The highest BCUT2D eigenvalue weighted by molar-refractivity contribution is 5.11. The molecular weight excluding hydrogens is 138 g/mol. The van der Waals surface area contributed by atoms with Crippen LogP contribution >= 0.6 is 0 Å². The van der Waals surface area contributed by atoms with Crippen molar-refractivity contribution >= 4 is 0 Å². The van der Waals surface area contributed by atoms with Gasteiger partial charge in [0, 0.05) is 5.92 Å². The second kappa shape index (κ2) is 2.39. The Morgan fingerprint density at radius 3 is 3.18 bits per heavy atom. The molecule has 0 saturated heterocycles. The molecule has 56 valence electrons. The van der Waals surface area contributed by atoms with Crippen LogP contribution in [0.1, 0.15) is 24.5 Å². The van der Waals surface area contributed by atoms with Gasteiger partial charge in [-0.2, -0.15) is 0 Å². The van der Waals surface area contributed by atoms with Crippen molar-refractivity contribution in [1.82, 2.24) is 15.0 Å². The van der Waals surface area contributed by atoms with Crippen LogP contribution in [0.25, 0.3) is 0 Å². The molecule has 1 saturated carbocycles. The SMILES string of the molecule is C#CCn1nncc1C1CC1. The highest BCUT2D eigenvalue weighted by Crippen LogP contribution is 2.39. The van der Waals surface area contributed by atoms with Crippen LogP contribution in [-0.2, 0) is 6.54 Å². The summed E-state index contributed by atoms with van der Waals surface area (Å²) in [5, 5.41) is 7.71. The fourth-order valence-electron chi connectivity index (χ4n) is 1.17. The molecule has 0 aliphatic heterocycles. The molecule has 0 N–H and O–H groups in total. The molecule has 2 rings (SSSR count). The zero-order valence-corrected chi connectivity index (χ0v) is 6.20. The van der Waals surface area contributed by atoms with Gasteiger partial charge in [0.05, 0.1) is 11.9 Å². The number of terminal acetylenes is 1. The van der Waals surface area contributed by atoms with Crippen LogP contribution in [0.5, 0.6) is 0 Å². The van der Waals surface area contributed by atoms with E-state index in [1.807, 2.05) is 6.20 Å². The Morgan fingerprint density at radius 2 is 2.55 bits per heavy atom. The Morgan fingerprint density at radius 1 is 1.73 bits per heavy atom. The van der Waals surface area contributed by atoms with Crippen molar-refractivity contribution in [2.24, 2.45) is 0 Å². The van der Waals surface area contributed by atoms with Crippen LogP contribution in [0.3, 0.4) is 0 Å². The smallest absolute Gasteiger partial charge is 0.103 e. The summed E-state index contributed by atoms with van der Waals surface area (Å²) < 4.78 is 1.80. The minimum atomic E-state index is 0.547. The van der Waals surface area contributed by atoms with Crippen LogP contribution in [0, 0.1) is 12.3 Å². The molecule has 1 aliphatic carbocycles. The van der Waals surface area contributed by atoms with Gasteiger partial charge in [0.2, 0.25) is 0 Å². The lowest BCUT2D eigenvalue weighted by Crippen LogP contribution is -2.02. The number of hydrogen-bond donors (Lipinski definition) is 0. The van der Waals surface area contributed by atoms with Crippen LogP contribution in [0.4, 0.5) is 0 Å². The van der Waals surface area contributed by atoms with E-state index < -0.39 is 0 Å². The van der Waals surface area contributed by atoms with E-state index in [-0.39, 0.29) is 0 Å². The molecule has 3 nitrogen and oxygen atoms in total. The van der Waals surface area contributed by atoms with Crippen LogP contribution in [0.2, 0.25) is 0 Å². The van der Waals surface area contributed by atoms with Crippen molar-refractivity contribution in [3.8, 4) is 12.3 Å². The topological polar surface area (TPSA) is 30.7 Å². The normalized spacial score (nSPS) is 16.3. The van der Waals surface area contributed by atoms with Crippen LogP contribution < -0.4 is 0 Å². The van der Waals surface area contributed by atoms with Gasteiger partial charge >= 0.3 is 0 Å². The fourth-order valence-corrected chi connectivity index (χ4v) is 1.17. The molecule has 1 aromatic heterocycles. The minimum Gasteiger partial charge on any atom is -0.237 e. The van der Waals surface area contributed by atoms with Gasteiger partial charge in [0.25, 0.3) is 0 Å². The van der Waals surface area contributed by atoms with Gasteiger partial charge in [-0.1, -0.05) is 11.1 Å². The first kappa shape index (κ1) is 6.41. The third-order valence-corrected chi connectivity index (χ3v) is 1.88. The van der Waals surface area contributed by atoms with Gasteiger partial charge in [-0.05, 0) is 12.8 Å². The monoisotopic (exact) mass is 147 g/mol. The Labute approximate surface area is 65.4 Å². The highest BCUT2D eigenvalue weighted by atomic mass is 15.4. The van der Waals surface area contributed by atoms with E-state index >= 15 is 0 Å². The molecule has 1 aromatic rings. The second-order valence-corrected chi connectivity index (χ2v) is 2.79. The first-order valence-corrected chi connectivity index (χ1v) is 3.73. The Hall–Kier alpha value is -1.30. The van der Waals surface area contributed by atoms with Crippen molar-refractivity contribution < 1.29 is 0 Å². The molecule has 1 heterocycles. The van der Waals surface area contributed by atoms with E-state index in [4.69, 9.17) is 6.42 Å². The van der Waals surface area contributed by atoms with Crippen molar-refractivity contribution in [3.05, 3.63) is 11.9 Å². The molecule has 0 bridgehead atoms. The molecule has 11 heavy (non-hydrogen) atoms. The van der Waals surface area contributed by atoms with Crippen molar-refractivity contribution in [2.45, 2.75) is 25.3 Å². The first-order valence-electron chi connectivity index (χ1n) is 3.73. The molecule has 1 aliphatic rings. The minimum absolute atomic E-state index is 0.547. The second-order valence-electron chi connectivity index (χ2n) is 2.79. The quantitative estimate of drug-likeness (QED) is 0.579.